The molecule has 4 rings (SSSR count). The summed E-state index contributed by atoms with van der Waals surface area (Å²) in [5.74, 6) is 0.591. The molecule has 8 heteroatoms. The van der Waals surface area contributed by atoms with Gasteiger partial charge in [-0.15, -0.1) is 0 Å². The summed E-state index contributed by atoms with van der Waals surface area (Å²) in [6.45, 7) is 4.60. The number of carbonyl (C=O) groups excluding carboxylic acids is 1. The molecule has 32 heavy (non-hydrogen) atoms. The summed E-state index contributed by atoms with van der Waals surface area (Å²) >= 11 is 0. The average molecular weight is 435 g/mol. The normalized spacial score (nSPS) is 14.2. The molecule has 1 aliphatic heterocycles. The zero-order chi connectivity index (χ0) is 22.3. The SMILES string of the molecule is COc1ccccc1N1CCN(CCN(C(=O)c2ccc([18F])cc2)c2ncccn2)CC1. The van der Waals surface area contributed by atoms with Crippen molar-refractivity contribution < 1.29 is 13.9 Å². The molecular weight excluding hydrogens is 408 g/mol. The van der Waals surface area contributed by atoms with E-state index in [-0.39, 0.29) is 11.7 Å². The van der Waals surface area contributed by atoms with Crippen molar-refractivity contribution in [3.63, 3.8) is 0 Å². The van der Waals surface area contributed by atoms with Crippen molar-refractivity contribution in [2.45, 2.75) is 0 Å². The highest BCUT2D eigenvalue weighted by Crippen LogP contribution is 2.28. The van der Waals surface area contributed by atoms with Gasteiger partial charge >= 0.3 is 0 Å². The highest BCUT2D eigenvalue weighted by Gasteiger charge is 2.23. The quantitative estimate of drug-likeness (QED) is 0.570. The molecule has 0 bridgehead atoms. The van der Waals surface area contributed by atoms with Crippen molar-refractivity contribution >= 4 is 17.5 Å². The lowest BCUT2D eigenvalue weighted by molar-refractivity contribution is 0.0981. The van der Waals surface area contributed by atoms with Gasteiger partial charge in [0.25, 0.3) is 5.91 Å². The van der Waals surface area contributed by atoms with Gasteiger partial charge in [-0.2, -0.15) is 0 Å². The number of amides is 1. The van der Waals surface area contributed by atoms with E-state index in [4.69, 9.17) is 4.74 Å². The molecule has 0 saturated carbocycles. The number of piperazine rings is 1. The van der Waals surface area contributed by atoms with Gasteiger partial charge in [0.05, 0.1) is 12.8 Å². The lowest BCUT2D eigenvalue weighted by atomic mass is 10.2. The number of anilines is 2. The minimum Gasteiger partial charge on any atom is -0.495 e. The summed E-state index contributed by atoms with van der Waals surface area (Å²) in [6, 6.07) is 15.3. The Morgan fingerprint density at radius 3 is 2.38 bits per heavy atom. The Morgan fingerprint density at radius 1 is 1.00 bits per heavy atom. The highest BCUT2D eigenvalue weighted by molar-refractivity contribution is 6.05. The third kappa shape index (κ3) is 5.03. The molecular formula is C24H26FN5O2. The van der Waals surface area contributed by atoms with Gasteiger partial charge < -0.3 is 9.64 Å². The highest BCUT2D eigenvalue weighted by atomic mass is 18.2. The van der Waals surface area contributed by atoms with Gasteiger partial charge in [-0.25, -0.2) is 14.4 Å². The molecule has 0 aliphatic carbocycles. The molecule has 7 nitrogen and oxygen atoms in total. The lowest BCUT2D eigenvalue weighted by Gasteiger charge is -2.37. The van der Waals surface area contributed by atoms with Gasteiger partial charge in [-0.05, 0) is 42.5 Å². The fourth-order valence-corrected chi connectivity index (χ4v) is 3.82. The Balaban J connectivity index is 1.41. The summed E-state index contributed by atoms with van der Waals surface area (Å²) < 4.78 is 18.8. The number of rotatable bonds is 7. The van der Waals surface area contributed by atoms with Crippen LogP contribution in [0.25, 0.3) is 0 Å². The molecule has 1 aliphatic rings. The monoisotopic (exact) mass is 434 g/mol. The zero-order valence-corrected chi connectivity index (χ0v) is 18.0. The van der Waals surface area contributed by atoms with Crippen LogP contribution in [0.15, 0.2) is 67.0 Å². The third-order valence-corrected chi connectivity index (χ3v) is 5.57. The van der Waals surface area contributed by atoms with Gasteiger partial charge in [0, 0.05) is 57.2 Å². The van der Waals surface area contributed by atoms with E-state index < -0.39 is 0 Å². The Labute approximate surface area is 187 Å². The molecule has 166 valence electrons. The number of benzene rings is 2. The largest absolute Gasteiger partial charge is 0.495 e. The molecule has 3 aromatic rings. The van der Waals surface area contributed by atoms with E-state index in [1.54, 1.807) is 30.5 Å². The standard InChI is InChI=1S/C24H26FN5O2/c1-32-22-6-3-2-5-21(22)29-16-13-28(14-17-29)15-18-30(24-26-11-4-12-27-24)23(31)19-7-9-20(25)10-8-19/h2-12H,13-18H2,1H3/i25-1. The first-order valence-electron chi connectivity index (χ1n) is 10.6. The van der Waals surface area contributed by atoms with Crippen LogP contribution in [0.5, 0.6) is 5.75 Å². The first-order valence-corrected chi connectivity index (χ1v) is 10.6. The van der Waals surface area contributed by atoms with Crippen LogP contribution in [0.2, 0.25) is 0 Å². The molecule has 2 aromatic carbocycles. The maximum absolute atomic E-state index is 13.3. The van der Waals surface area contributed by atoms with E-state index in [1.807, 2.05) is 18.2 Å². The van der Waals surface area contributed by atoms with Crippen molar-refractivity contribution in [2.75, 3.05) is 56.2 Å². The van der Waals surface area contributed by atoms with Crippen LogP contribution in [0.3, 0.4) is 0 Å². The van der Waals surface area contributed by atoms with E-state index in [9.17, 15) is 9.18 Å². The van der Waals surface area contributed by atoms with E-state index in [2.05, 4.69) is 25.8 Å². The summed E-state index contributed by atoms with van der Waals surface area (Å²) in [5, 5.41) is 0. The van der Waals surface area contributed by atoms with Crippen molar-refractivity contribution in [3.05, 3.63) is 78.4 Å². The second kappa shape index (κ2) is 10.2. The number of ether oxygens (including phenoxy) is 1. The number of para-hydroxylation sites is 2. The molecule has 1 amide bonds. The Hall–Kier alpha value is -3.52. The van der Waals surface area contributed by atoms with Gasteiger partial charge in [0.2, 0.25) is 5.95 Å². The van der Waals surface area contributed by atoms with Crippen molar-refractivity contribution in [3.8, 4) is 5.75 Å². The lowest BCUT2D eigenvalue weighted by Crippen LogP contribution is -2.49. The number of methoxy groups -OCH3 is 1. The van der Waals surface area contributed by atoms with E-state index in [1.165, 1.54) is 24.3 Å². The summed E-state index contributed by atoms with van der Waals surface area (Å²) in [5.41, 5.74) is 1.50. The van der Waals surface area contributed by atoms with Crippen LogP contribution in [-0.4, -0.2) is 67.2 Å². The molecule has 1 fully saturated rings. The number of hydrogen-bond acceptors (Lipinski definition) is 6. The van der Waals surface area contributed by atoms with Crippen molar-refractivity contribution in [1.82, 2.24) is 14.9 Å². The number of halogens is 1. The molecule has 0 N–H and O–H groups in total. The van der Waals surface area contributed by atoms with Crippen LogP contribution in [0, 0.1) is 5.82 Å². The zero-order valence-electron chi connectivity index (χ0n) is 18.0. The molecule has 0 atom stereocenters. The maximum atomic E-state index is 13.3. The molecule has 0 radical (unpaired) electrons. The fraction of sp³-hybridized carbons (Fsp3) is 0.292. The second-order valence-electron chi connectivity index (χ2n) is 7.51. The van der Waals surface area contributed by atoms with Gasteiger partial charge in [-0.1, -0.05) is 12.1 Å². The third-order valence-electron chi connectivity index (χ3n) is 5.57. The van der Waals surface area contributed by atoms with Crippen LogP contribution < -0.4 is 14.5 Å². The summed E-state index contributed by atoms with van der Waals surface area (Å²) in [4.78, 5) is 27.8. The number of aromatic nitrogens is 2. The van der Waals surface area contributed by atoms with Crippen LogP contribution in [-0.2, 0) is 0 Å². The smallest absolute Gasteiger partial charge is 0.260 e. The second-order valence-corrected chi connectivity index (χ2v) is 7.51. The van der Waals surface area contributed by atoms with Gasteiger partial charge in [0.15, 0.2) is 0 Å². The Morgan fingerprint density at radius 2 is 1.69 bits per heavy atom. The van der Waals surface area contributed by atoms with Crippen LogP contribution >= 0.6 is 0 Å². The van der Waals surface area contributed by atoms with Crippen molar-refractivity contribution in [2.24, 2.45) is 0 Å². The van der Waals surface area contributed by atoms with Gasteiger partial charge in [-0.3, -0.25) is 14.6 Å². The predicted molar refractivity (Wildman–Crippen MR) is 122 cm³/mol. The Kier molecular flexibility index (Phi) is 6.91. The van der Waals surface area contributed by atoms with Crippen molar-refractivity contribution in [1.29, 1.82) is 0 Å². The number of nitrogens with zero attached hydrogens (tertiary/aromatic N) is 5. The molecule has 0 spiro atoms. The van der Waals surface area contributed by atoms with Crippen LogP contribution in [0.1, 0.15) is 10.4 Å². The molecule has 1 aromatic heterocycles. The number of hydrogen-bond donors (Lipinski definition) is 0. The van der Waals surface area contributed by atoms with Crippen LogP contribution in [0.4, 0.5) is 16.0 Å². The molecule has 2 heterocycles. The van der Waals surface area contributed by atoms with E-state index in [0.717, 1.165) is 37.6 Å². The first kappa shape index (κ1) is 21.7. The average Bonchev–Trinajstić information content (AvgIpc) is 2.85. The first-order chi connectivity index (χ1) is 15.7. The van der Waals surface area contributed by atoms with Gasteiger partial charge in [0.1, 0.15) is 11.6 Å². The minimum absolute atomic E-state index is 0.246. The minimum atomic E-state index is -0.378. The van der Waals surface area contributed by atoms with E-state index in [0.29, 0.717) is 24.6 Å². The predicted octanol–water partition coefficient (Wildman–Crippen LogP) is 3.09. The summed E-state index contributed by atoms with van der Waals surface area (Å²) in [6.07, 6.45) is 3.22. The topological polar surface area (TPSA) is 61.8 Å². The maximum Gasteiger partial charge on any atom is 0.260 e. The summed E-state index contributed by atoms with van der Waals surface area (Å²) in [7, 11) is 1.69. The number of carbonyl (C=O) groups is 1. The Bertz CT molecular complexity index is 1020. The molecule has 0 unspecified atom stereocenters. The van der Waals surface area contributed by atoms with E-state index >= 15 is 0 Å². The fourth-order valence-electron chi connectivity index (χ4n) is 3.82. The molecule has 1 saturated heterocycles.